The summed E-state index contributed by atoms with van der Waals surface area (Å²) in [5.41, 5.74) is 0. The third kappa shape index (κ3) is 1.94. The molecule has 5 heteroatoms. The molecule has 3 nitrogen and oxygen atoms in total. The van der Waals surface area contributed by atoms with Crippen LogP contribution in [0.2, 0.25) is 5.15 Å². The Balaban J connectivity index is 2.25. The Morgan fingerprint density at radius 3 is 2.69 bits per heavy atom. The summed E-state index contributed by atoms with van der Waals surface area (Å²) in [7, 11) is 0. The van der Waals surface area contributed by atoms with Gasteiger partial charge in [0.05, 0.1) is 6.20 Å². The molecule has 1 fully saturated rings. The van der Waals surface area contributed by atoms with Gasteiger partial charge in [0.1, 0.15) is 10.4 Å². The van der Waals surface area contributed by atoms with Crippen LogP contribution in [-0.2, 0) is 0 Å². The van der Waals surface area contributed by atoms with Gasteiger partial charge in [0.15, 0.2) is 5.15 Å². The summed E-state index contributed by atoms with van der Waals surface area (Å²) < 4.78 is 0.608. The summed E-state index contributed by atoms with van der Waals surface area (Å²) in [5, 5.41) is 0.435. The highest BCUT2D eigenvalue weighted by Crippen LogP contribution is 2.22. The number of rotatable bonds is 1. The molecular formula is C8H9BrClN3. The molecule has 0 saturated carbocycles. The molecule has 2 heterocycles. The quantitative estimate of drug-likeness (QED) is 0.779. The highest BCUT2D eigenvalue weighted by atomic mass is 79.9. The maximum atomic E-state index is 5.85. The summed E-state index contributed by atoms with van der Waals surface area (Å²) in [6, 6.07) is 0. The summed E-state index contributed by atoms with van der Waals surface area (Å²) in [6.07, 6.45) is 4.21. The molecule has 13 heavy (non-hydrogen) atoms. The summed E-state index contributed by atoms with van der Waals surface area (Å²) in [5.74, 6) is 0.880. The lowest BCUT2D eigenvalue weighted by atomic mass is 10.4. The molecule has 0 aromatic carbocycles. The van der Waals surface area contributed by atoms with Gasteiger partial charge in [-0.1, -0.05) is 11.6 Å². The van der Waals surface area contributed by atoms with E-state index in [0.717, 1.165) is 18.9 Å². The van der Waals surface area contributed by atoms with E-state index in [1.165, 1.54) is 12.8 Å². The average Bonchev–Trinajstić information content (AvgIpc) is 2.62. The van der Waals surface area contributed by atoms with Crippen molar-refractivity contribution in [3.8, 4) is 0 Å². The minimum atomic E-state index is 0.435. The van der Waals surface area contributed by atoms with Crippen LogP contribution in [0.5, 0.6) is 0 Å². The average molecular weight is 263 g/mol. The molecule has 0 radical (unpaired) electrons. The first kappa shape index (κ1) is 9.21. The van der Waals surface area contributed by atoms with Crippen LogP contribution in [-0.4, -0.2) is 23.1 Å². The second kappa shape index (κ2) is 3.80. The third-order valence-electron chi connectivity index (χ3n) is 2.11. The molecule has 0 unspecified atom stereocenters. The molecule has 2 rings (SSSR count). The minimum absolute atomic E-state index is 0.435. The van der Waals surface area contributed by atoms with Gasteiger partial charge >= 0.3 is 0 Å². The van der Waals surface area contributed by atoms with Crippen LogP contribution in [0.3, 0.4) is 0 Å². The van der Waals surface area contributed by atoms with E-state index in [2.05, 4.69) is 30.8 Å². The summed E-state index contributed by atoms with van der Waals surface area (Å²) >= 11 is 9.06. The van der Waals surface area contributed by atoms with Crippen molar-refractivity contribution in [2.45, 2.75) is 12.8 Å². The van der Waals surface area contributed by atoms with Crippen LogP contribution >= 0.6 is 27.5 Å². The van der Waals surface area contributed by atoms with E-state index < -0.39 is 0 Å². The molecule has 0 amide bonds. The van der Waals surface area contributed by atoms with Gasteiger partial charge in [-0.2, -0.15) is 0 Å². The topological polar surface area (TPSA) is 29.0 Å². The zero-order valence-corrected chi connectivity index (χ0v) is 9.35. The fourth-order valence-electron chi connectivity index (χ4n) is 1.44. The highest BCUT2D eigenvalue weighted by molar-refractivity contribution is 9.10. The van der Waals surface area contributed by atoms with Crippen LogP contribution in [0, 0.1) is 0 Å². The van der Waals surface area contributed by atoms with Crippen molar-refractivity contribution in [3.05, 3.63) is 16.0 Å². The Morgan fingerprint density at radius 1 is 1.38 bits per heavy atom. The second-order valence-corrected chi connectivity index (χ2v) is 4.11. The molecule has 0 atom stereocenters. The first-order valence-electron chi connectivity index (χ1n) is 4.20. The molecule has 70 valence electrons. The number of anilines is 1. The third-order valence-corrected chi connectivity index (χ3v) is 3.18. The molecule has 1 saturated heterocycles. The van der Waals surface area contributed by atoms with Crippen molar-refractivity contribution >= 4 is 33.3 Å². The summed E-state index contributed by atoms with van der Waals surface area (Å²) in [6.45, 7) is 2.12. The number of aromatic nitrogens is 2. The van der Waals surface area contributed by atoms with Gasteiger partial charge in [0.2, 0.25) is 0 Å². The predicted molar refractivity (Wildman–Crippen MR) is 56.2 cm³/mol. The van der Waals surface area contributed by atoms with E-state index in [9.17, 15) is 0 Å². The van der Waals surface area contributed by atoms with Crippen LogP contribution in [0.1, 0.15) is 12.8 Å². The van der Waals surface area contributed by atoms with Gasteiger partial charge in [-0.05, 0) is 28.8 Å². The van der Waals surface area contributed by atoms with Gasteiger partial charge in [0.25, 0.3) is 0 Å². The standard InChI is InChI=1S/C8H9BrClN3/c9-7-8(10)12-6(5-11-7)13-3-1-2-4-13/h5H,1-4H2. The first-order valence-corrected chi connectivity index (χ1v) is 5.37. The van der Waals surface area contributed by atoms with Crippen LogP contribution in [0.4, 0.5) is 5.82 Å². The molecule has 0 spiro atoms. The van der Waals surface area contributed by atoms with E-state index in [0.29, 0.717) is 9.76 Å². The fourth-order valence-corrected chi connectivity index (χ4v) is 1.77. The number of hydrogen-bond donors (Lipinski definition) is 0. The van der Waals surface area contributed by atoms with Gasteiger partial charge in [-0.3, -0.25) is 0 Å². The highest BCUT2D eigenvalue weighted by Gasteiger charge is 2.14. The van der Waals surface area contributed by atoms with Crippen molar-refractivity contribution < 1.29 is 0 Å². The smallest absolute Gasteiger partial charge is 0.164 e. The molecule has 0 N–H and O–H groups in total. The van der Waals surface area contributed by atoms with E-state index >= 15 is 0 Å². The number of halogens is 2. The van der Waals surface area contributed by atoms with E-state index in [-0.39, 0.29) is 0 Å². The van der Waals surface area contributed by atoms with Gasteiger partial charge in [0, 0.05) is 13.1 Å². The zero-order valence-electron chi connectivity index (χ0n) is 7.00. The zero-order chi connectivity index (χ0) is 9.26. The Hall–Kier alpha value is -0.350. The van der Waals surface area contributed by atoms with Crippen molar-refractivity contribution in [3.63, 3.8) is 0 Å². The monoisotopic (exact) mass is 261 g/mol. The van der Waals surface area contributed by atoms with Crippen molar-refractivity contribution in [2.75, 3.05) is 18.0 Å². The Morgan fingerprint density at radius 2 is 2.08 bits per heavy atom. The predicted octanol–water partition coefficient (Wildman–Crippen LogP) is 2.49. The van der Waals surface area contributed by atoms with Gasteiger partial charge in [-0.15, -0.1) is 0 Å². The minimum Gasteiger partial charge on any atom is -0.355 e. The van der Waals surface area contributed by atoms with E-state index in [4.69, 9.17) is 11.6 Å². The lowest BCUT2D eigenvalue weighted by Gasteiger charge is -2.15. The maximum absolute atomic E-state index is 5.85. The molecule has 1 aromatic rings. The first-order chi connectivity index (χ1) is 6.27. The Kier molecular flexibility index (Phi) is 2.69. The molecule has 1 aliphatic rings. The normalized spacial score (nSPS) is 16.6. The molecule has 0 bridgehead atoms. The van der Waals surface area contributed by atoms with Crippen molar-refractivity contribution in [1.82, 2.24) is 9.97 Å². The maximum Gasteiger partial charge on any atom is 0.164 e. The number of nitrogens with zero attached hydrogens (tertiary/aromatic N) is 3. The van der Waals surface area contributed by atoms with E-state index in [1.54, 1.807) is 6.20 Å². The lowest BCUT2D eigenvalue weighted by Crippen LogP contribution is -2.19. The Bertz CT molecular complexity index is 312. The van der Waals surface area contributed by atoms with Crippen molar-refractivity contribution in [2.24, 2.45) is 0 Å². The van der Waals surface area contributed by atoms with E-state index in [1.807, 2.05) is 0 Å². The van der Waals surface area contributed by atoms with Crippen LogP contribution in [0.25, 0.3) is 0 Å². The van der Waals surface area contributed by atoms with Crippen LogP contribution in [0.15, 0.2) is 10.8 Å². The SMILES string of the molecule is Clc1nc(N2CCCC2)cnc1Br. The molecule has 1 aliphatic heterocycles. The van der Waals surface area contributed by atoms with Crippen molar-refractivity contribution in [1.29, 1.82) is 0 Å². The van der Waals surface area contributed by atoms with Crippen LogP contribution < -0.4 is 4.90 Å². The summed E-state index contributed by atoms with van der Waals surface area (Å²) in [4.78, 5) is 10.5. The largest absolute Gasteiger partial charge is 0.355 e. The Labute approximate surface area is 90.3 Å². The number of hydrogen-bond acceptors (Lipinski definition) is 3. The molecule has 0 aliphatic carbocycles. The molecular weight excluding hydrogens is 253 g/mol. The lowest BCUT2D eigenvalue weighted by molar-refractivity contribution is 0.923. The van der Waals surface area contributed by atoms with Gasteiger partial charge < -0.3 is 4.90 Å². The molecule has 1 aromatic heterocycles. The van der Waals surface area contributed by atoms with Gasteiger partial charge in [-0.25, -0.2) is 9.97 Å². The fraction of sp³-hybridized carbons (Fsp3) is 0.500. The second-order valence-electron chi connectivity index (χ2n) is 3.00.